The number of nitrogens with one attached hydrogen (secondary N) is 2. The number of para-hydroxylation sites is 1. The molecular weight excluding hydrogens is 505 g/mol. The molecule has 186 valence electrons. The van der Waals surface area contributed by atoms with E-state index in [0.717, 1.165) is 37.4 Å². The standard InChI is InChI=1S/C24H23Cl2N7O3/c1-13-9-14(10-15(21(27)34)19(13)32-7-5-28-6-8-32)30-24-29-11-16-22(31-24)36-12-33(23(16)35)20-17(25)3-2-4-18(20)26/h2-4,9-11,28H,5-8,12H2,1H3,(H2,27,34)(H,29,30,31). The second kappa shape index (κ2) is 9.81. The fraction of sp³-hybridized carbons (Fsp3) is 0.250. The Morgan fingerprint density at radius 3 is 2.58 bits per heavy atom. The molecule has 0 saturated carbocycles. The van der Waals surface area contributed by atoms with Gasteiger partial charge < -0.3 is 26.0 Å². The Morgan fingerprint density at radius 2 is 1.89 bits per heavy atom. The summed E-state index contributed by atoms with van der Waals surface area (Å²) in [6.07, 6.45) is 1.38. The maximum Gasteiger partial charge on any atom is 0.268 e. The van der Waals surface area contributed by atoms with Crippen LogP contribution >= 0.6 is 23.2 Å². The summed E-state index contributed by atoms with van der Waals surface area (Å²) in [4.78, 5) is 37.5. The van der Waals surface area contributed by atoms with E-state index in [2.05, 4.69) is 25.5 Å². The molecular formula is C24H23Cl2N7O3. The van der Waals surface area contributed by atoms with E-state index >= 15 is 0 Å². The predicted octanol–water partition coefficient (Wildman–Crippen LogP) is 3.34. The average Bonchev–Trinajstić information content (AvgIpc) is 2.85. The number of primary amides is 1. The second-order valence-corrected chi connectivity index (χ2v) is 9.22. The maximum atomic E-state index is 13.1. The molecule has 2 aliphatic heterocycles. The number of carbonyl (C=O) groups excluding carboxylic acids is 2. The first-order valence-electron chi connectivity index (χ1n) is 11.3. The first-order chi connectivity index (χ1) is 17.3. The quantitative estimate of drug-likeness (QED) is 0.461. The highest BCUT2D eigenvalue weighted by atomic mass is 35.5. The maximum absolute atomic E-state index is 13.1. The van der Waals surface area contributed by atoms with Crippen molar-refractivity contribution in [3.63, 3.8) is 0 Å². The Labute approximate surface area is 217 Å². The molecule has 0 bridgehead atoms. The van der Waals surface area contributed by atoms with Crippen molar-refractivity contribution in [2.45, 2.75) is 6.92 Å². The number of fused-ring (bicyclic) bond motifs is 1. The van der Waals surface area contributed by atoms with Crippen molar-refractivity contribution in [3.8, 4) is 5.88 Å². The SMILES string of the molecule is Cc1cc(Nc2ncc3c(n2)OCN(c2c(Cl)cccc2Cl)C3=O)cc(C(N)=O)c1N1CCNCC1. The Morgan fingerprint density at radius 1 is 1.17 bits per heavy atom. The molecule has 5 rings (SSSR count). The van der Waals surface area contributed by atoms with Crippen molar-refractivity contribution in [2.75, 3.05) is 48.0 Å². The van der Waals surface area contributed by atoms with E-state index in [1.165, 1.54) is 11.1 Å². The molecule has 3 aromatic rings. The fourth-order valence-electron chi connectivity index (χ4n) is 4.40. The van der Waals surface area contributed by atoms with Crippen LogP contribution in [0.5, 0.6) is 5.88 Å². The van der Waals surface area contributed by atoms with Crippen LogP contribution in [0, 0.1) is 6.92 Å². The van der Waals surface area contributed by atoms with Crippen LogP contribution in [0.1, 0.15) is 26.3 Å². The third kappa shape index (κ3) is 4.50. The highest BCUT2D eigenvalue weighted by molar-refractivity contribution is 6.40. The normalized spacial score (nSPS) is 15.4. The van der Waals surface area contributed by atoms with E-state index in [1.54, 1.807) is 24.3 Å². The summed E-state index contributed by atoms with van der Waals surface area (Å²) < 4.78 is 5.74. The van der Waals surface area contributed by atoms with Gasteiger partial charge in [0, 0.05) is 38.1 Å². The van der Waals surface area contributed by atoms with Gasteiger partial charge in [0.2, 0.25) is 11.8 Å². The summed E-state index contributed by atoms with van der Waals surface area (Å²) in [6, 6.07) is 8.57. The first kappa shape index (κ1) is 24.1. The average molecular weight is 528 g/mol. The van der Waals surface area contributed by atoms with Gasteiger partial charge in [-0.1, -0.05) is 29.3 Å². The van der Waals surface area contributed by atoms with E-state index in [9.17, 15) is 9.59 Å². The molecule has 0 spiro atoms. The van der Waals surface area contributed by atoms with Gasteiger partial charge in [0.15, 0.2) is 6.73 Å². The molecule has 2 aromatic carbocycles. The zero-order chi connectivity index (χ0) is 25.4. The molecule has 0 atom stereocenters. The number of aryl methyl sites for hydroxylation is 1. The van der Waals surface area contributed by atoms with Crippen LogP contribution in [0.25, 0.3) is 0 Å². The number of anilines is 4. The number of piperazine rings is 1. The summed E-state index contributed by atoms with van der Waals surface area (Å²) >= 11 is 12.5. The van der Waals surface area contributed by atoms with Crippen molar-refractivity contribution in [2.24, 2.45) is 5.73 Å². The van der Waals surface area contributed by atoms with Gasteiger partial charge in [-0.3, -0.25) is 14.5 Å². The van der Waals surface area contributed by atoms with Gasteiger partial charge in [-0.05, 0) is 36.8 Å². The number of carbonyl (C=O) groups is 2. The van der Waals surface area contributed by atoms with Crippen LogP contribution < -0.4 is 30.9 Å². The van der Waals surface area contributed by atoms with Crippen molar-refractivity contribution < 1.29 is 14.3 Å². The molecule has 2 aliphatic rings. The molecule has 10 nitrogen and oxygen atoms in total. The smallest absolute Gasteiger partial charge is 0.268 e. The van der Waals surface area contributed by atoms with Gasteiger partial charge in [-0.15, -0.1) is 0 Å². The molecule has 4 N–H and O–H groups in total. The van der Waals surface area contributed by atoms with Gasteiger partial charge in [0.05, 0.1) is 27.0 Å². The number of halogens is 2. The van der Waals surface area contributed by atoms with Crippen LogP contribution in [0.4, 0.5) is 23.0 Å². The van der Waals surface area contributed by atoms with Gasteiger partial charge in [-0.25, -0.2) is 4.98 Å². The first-order valence-corrected chi connectivity index (χ1v) is 12.0. The van der Waals surface area contributed by atoms with Crippen LogP contribution in [-0.2, 0) is 0 Å². The molecule has 36 heavy (non-hydrogen) atoms. The molecule has 0 radical (unpaired) electrons. The number of aromatic nitrogens is 2. The zero-order valence-electron chi connectivity index (χ0n) is 19.3. The number of nitrogens with two attached hydrogens (primary N) is 1. The van der Waals surface area contributed by atoms with E-state index in [0.29, 0.717) is 27.0 Å². The second-order valence-electron chi connectivity index (χ2n) is 8.40. The van der Waals surface area contributed by atoms with E-state index in [4.69, 9.17) is 33.7 Å². The predicted molar refractivity (Wildman–Crippen MR) is 139 cm³/mol. The third-order valence-corrected chi connectivity index (χ3v) is 6.63. The van der Waals surface area contributed by atoms with Crippen LogP contribution in [0.2, 0.25) is 10.0 Å². The third-order valence-electron chi connectivity index (χ3n) is 6.02. The zero-order valence-corrected chi connectivity index (χ0v) is 20.9. The lowest BCUT2D eigenvalue weighted by Crippen LogP contribution is -2.44. The molecule has 3 heterocycles. The lowest BCUT2D eigenvalue weighted by atomic mass is 10.0. The van der Waals surface area contributed by atoms with E-state index < -0.39 is 5.91 Å². The summed E-state index contributed by atoms with van der Waals surface area (Å²) in [7, 11) is 0. The van der Waals surface area contributed by atoms with Crippen LogP contribution in [0.3, 0.4) is 0 Å². The summed E-state index contributed by atoms with van der Waals surface area (Å²) in [5, 5.41) is 7.04. The summed E-state index contributed by atoms with van der Waals surface area (Å²) in [5.41, 5.74) is 8.98. The summed E-state index contributed by atoms with van der Waals surface area (Å²) in [5.74, 6) is -0.573. The number of ether oxygens (including phenoxy) is 1. The van der Waals surface area contributed by atoms with Crippen LogP contribution in [-0.4, -0.2) is 54.7 Å². The lowest BCUT2D eigenvalue weighted by Gasteiger charge is -2.32. The van der Waals surface area contributed by atoms with E-state index in [1.807, 2.05) is 13.0 Å². The Kier molecular flexibility index (Phi) is 6.57. The largest absolute Gasteiger partial charge is 0.455 e. The van der Waals surface area contributed by atoms with Crippen molar-refractivity contribution in [1.29, 1.82) is 0 Å². The number of nitrogens with zero attached hydrogens (tertiary/aromatic N) is 4. The van der Waals surface area contributed by atoms with Gasteiger partial charge in [0.25, 0.3) is 11.8 Å². The molecule has 1 fully saturated rings. The number of benzene rings is 2. The minimum Gasteiger partial charge on any atom is -0.455 e. The minimum atomic E-state index is -0.520. The van der Waals surface area contributed by atoms with Crippen molar-refractivity contribution in [1.82, 2.24) is 15.3 Å². The Bertz CT molecular complexity index is 1340. The molecule has 1 saturated heterocycles. The van der Waals surface area contributed by atoms with Crippen LogP contribution in [0.15, 0.2) is 36.5 Å². The number of rotatable bonds is 5. The fourth-order valence-corrected chi connectivity index (χ4v) is 5.00. The molecule has 2 amide bonds. The van der Waals surface area contributed by atoms with Gasteiger partial charge >= 0.3 is 0 Å². The molecule has 0 unspecified atom stereocenters. The highest BCUT2D eigenvalue weighted by Gasteiger charge is 2.31. The number of amides is 2. The monoisotopic (exact) mass is 527 g/mol. The topological polar surface area (TPSA) is 126 Å². The molecule has 12 heteroatoms. The Balaban J connectivity index is 1.41. The molecule has 1 aromatic heterocycles. The molecule has 0 aliphatic carbocycles. The van der Waals surface area contributed by atoms with Gasteiger partial charge in [-0.2, -0.15) is 4.98 Å². The highest BCUT2D eigenvalue weighted by Crippen LogP contribution is 2.37. The summed E-state index contributed by atoms with van der Waals surface area (Å²) in [6.45, 7) is 5.04. The minimum absolute atomic E-state index is 0.115. The van der Waals surface area contributed by atoms with E-state index in [-0.39, 0.29) is 30.0 Å². The van der Waals surface area contributed by atoms with Crippen molar-refractivity contribution in [3.05, 3.63) is 63.3 Å². The number of hydrogen-bond donors (Lipinski definition) is 3. The number of hydrogen-bond acceptors (Lipinski definition) is 8. The van der Waals surface area contributed by atoms with Gasteiger partial charge in [0.1, 0.15) is 5.56 Å². The lowest BCUT2D eigenvalue weighted by molar-refractivity contribution is 0.0931. The Hall–Kier alpha value is -3.60. The van der Waals surface area contributed by atoms with Crippen molar-refractivity contribution >= 4 is 58.0 Å².